The Hall–Kier alpha value is -2.57. The van der Waals surface area contributed by atoms with Gasteiger partial charge in [0.1, 0.15) is 5.75 Å². The number of hydrogen-bond donors (Lipinski definition) is 2. The van der Waals surface area contributed by atoms with Crippen molar-refractivity contribution in [3.05, 3.63) is 23.8 Å². The number of anilines is 1. The normalized spacial score (nSPS) is 16.0. The van der Waals surface area contributed by atoms with Crippen molar-refractivity contribution in [1.29, 1.82) is 0 Å². The monoisotopic (exact) mass is 359 g/mol. The molecule has 0 aromatic heterocycles. The van der Waals surface area contributed by atoms with Crippen molar-refractivity contribution < 1.29 is 19.1 Å². The van der Waals surface area contributed by atoms with E-state index in [1.54, 1.807) is 30.1 Å². The molecule has 3 amide bonds. The lowest BCUT2D eigenvalue weighted by molar-refractivity contribution is -0.130. The third-order valence-corrected chi connectivity index (χ3v) is 5.03. The number of nitrogens with one attached hydrogen (secondary N) is 2. The molecule has 0 spiro atoms. The molecule has 140 valence electrons. The second-order valence-corrected chi connectivity index (χ2v) is 6.95. The molecule has 0 atom stereocenters. The number of benzene rings is 1. The van der Waals surface area contributed by atoms with Crippen LogP contribution in [-0.4, -0.2) is 49.4 Å². The molecule has 0 radical (unpaired) electrons. The average molecular weight is 359 g/mol. The van der Waals surface area contributed by atoms with Gasteiger partial charge in [0.15, 0.2) is 6.61 Å². The van der Waals surface area contributed by atoms with Gasteiger partial charge in [-0.15, -0.1) is 0 Å². The summed E-state index contributed by atoms with van der Waals surface area (Å²) in [5.74, 6) is 0.899. The first-order valence-corrected chi connectivity index (χ1v) is 9.12. The Balaban J connectivity index is 1.42. The van der Waals surface area contributed by atoms with Gasteiger partial charge in [-0.2, -0.15) is 0 Å². The maximum absolute atomic E-state index is 12.3. The molecule has 1 aliphatic heterocycles. The van der Waals surface area contributed by atoms with E-state index in [0.29, 0.717) is 36.5 Å². The number of carbonyl (C=O) groups excluding carboxylic acids is 3. The summed E-state index contributed by atoms with van der Waals surface area (Å²) in [4.78, 5) is 37.3. The van der Waals surface area contributed by atoms with Crippen molar-refractivity contribution in [1.82, 2.24) is 10.2 Å². The second-order valence-electron chi connectivity index (χ2n) is 6.95. The Morgan fingerprint density at radius 1 is 1.35 bits per heavy atom. The third-order valence-electron chi connectivity index (χ3n) is 5.03. The summed E-state index contributed by atoms with van der Waals surface area (Å²) in [6.07, 6.45) is 5.35. The van der Waals surface area contributed by atoms with E-state index in [1.807, 2.05) is 0 Å². The average Bonchev–Trinajstić information content (AvgIpc) is 2.59. The Morgan fingerprint density at radius 2 is 2.15 bits per heavy atom. The Morgan fingerprint density at radius 3 is 2.88 bits per heavy atom. The van der Waals surface area contributed by atoms with Crippen LogP contribution in [0.15, 0.2) is 18.2 Å². The van der Waals surface area contributed by atoms with Crippen LogP contribution >= 0.6 is 0 Å². The van der Waals surface area contributed by atoms with Gasteiger partial charge in [0.2, 0.25) is 5.91 Å². The van der Waals surface area contributed by atoms with Gasteiger partial charge >= 0.3 is 0 Å². The minimum absolute atomic E-state index is 0.0498. The summed E-state index contributed by atoms with van der Waals surface area (Å²) < 4.78 is 5.32. The lowest BCUT2D eigenvalue weighted by Crippen LogP contribution is -2.36. The molecule has 7 heteroatoms. The Kier molecular flexibility index (Phi) is 5.75. The van der Waals surface area contributed by atoms with E-state index in [-0.39, 0.29) is 24.3 Å². The molecule has 7 nitrogen and oxygen atoms in total. The van der Waals surface area contributed by atoms with Crippen molar-refractivity contribution in [2.45, 2.75) is 32.1 Å². The fourth-order valence-electron chi connectivity index (χ4n) is 3.08. The minimum atomic E-state index is -0.233. The van der Waals surface area contributed by atoms with Gasteiger partial charge in [-0.1, -0.05) is 19.3 Å². The minimum Gasteiger partial charge on any atom is -0.482 e. The summed E-state index contributed by atoms with van der Waals surface area (Å²) in [6.45, 7) is 0.817. The van der Waals surface area contributed by atoms with Crippen molar-refractivity contribution in [2.24, 2.45) is 5.92 Å². The van der Waals surface area contributed by atoms with Gasteiger partial charge in [0.25, 0.3) is 11.8 Å². The number of nitrogens with zero attached hydrogens (tertiary/aromatic N) is 1. The predicted molar refractivity (Wildman–Crippen MR) is 97.1 cm³/mol. The first kappa shape index (κ1) is 18.2. The molecular formula is C19H25N3O4. The van der Waals surface area contributed by atoms with E-state index in [2.05, 4.69) is 10.6 Å². The third kappa shape index (κ3) is 4.53. The predicted octanol–water partition coefficient (Wildman–Crippen LogP) is 1.79. The number of hydrogen-bond acceptors (Lipinski definition) is 4. The number of rotatable bonds is 7. The standard InChI is InChI=1S/C19H25N3O4/c1-22(18(24)8-5-13-3-2-4-13)10-9-20-19(25)14-6-7-15-16(11-14)26-12-17(23)21-15/h6-7,11,13H,2-5,8-10,12H2,1H3,(H,20,25)(H,21,23). The molecule has 0 unspecified atom stereocenters. The van der Waals surface area contributed by atoms with E-state index < -0.39 is 0 Å². The molecule has 1 heterocycles. The molecular weight excluding hydrogens is 334 g/mol. The van der Waals surface area contributed by atoms with E-state index in [0.717, 1.165) is 12.3 Å². The summed E-state index contributed by atoms with van der Waals surface area (Å²) in [6, 6.07) is 4.89. The lowest BCUT2D eigenvalue weighted by Gasteiger charge is -2.26. The number of likely N-dealkylation sites (N-methyl/N-ethyl adjacent to an activating group) is 1. The molecule has 0 bridgehead atoms. The maximum Gasteiger partial charge on any atom is 0.262 e. The highest BCUT2D eigenvalue weighted by Crippen LogP contribution is 2.30. The summed E-state index contributed by atoms with van der Waals surface area (Å²) in [5, 5.41) is 5.50. The zero-order chi connectivity index (χ0) is 18.5. The summed E-state index contributed by atoms with van der Waals surface area (Å²) >= 11 is 0. The topological polar surface area (TPSA) is 87.7 Å². The first-order valence-electron chi connectivity index (χ1n) is 9.12. The van der Waals surface area contributed by atoms with Gasteiger partial charge in [-0.25, -0.2) is 0 Å². The molecule has 1 fully saturated rings. The van der Waals surface area contributed by atoms with Crippen molar-refractivity contribution in [3.8, 4) is 5.75 Å². The zero-order valence-electron chi connectivity index (χ0n) is 15.0. The largest absolute Gasteiger partial charge is 0.482 e. The van der Waals surface area contributed by atoms with E-state index >= 15 is 0 Å². The maximum atomic E-state index is 12.3. The number of fused-ring (bicyclic) bond motifs is 1. The first-order chi connectivity index (χ1) is 12.5. The van der Waals surface area contributed by atoms with E-state index in [1.165, 1.54) is 19.3 Å². The van der Waals surface area contributed by atoms with Gasteiger partial charge in [-0.05, 0) is 30.5 Å². The van der Waals surface area contributed by atoms with E-state index in [4.69, 9.17) is 4.74 Å². The zero-order valence-corrected chi connectivity index (χ0v) is 15.0. The van der Waals surface area contributed by atoms with Crippen LogP contribution in [-0.2, 0) is 9.59 Å². The van der Waals surface area contributed by atoms with Gasteiger partial charge in [0.05, 0.1) is 5.69 Å². The van der Waals surface area contributed by atoms with Crippen molar-refractivity contribution in [3.63, 3.8) is 0 Å². The van der Waals surface area contributed by atoms with Gasteiger partial charge < -0.3 is 20.3 Å². The van der Waals surface area contributed by atoms with Crippen LogP contribution < -0.4 is 15.4 Å². The molecule has 26 heavy (non-hydrogen) atoms. The van der Waals surface area contributed by atoms with Crippen LogP contribution in [0.1, 0.15) is 42.5 Å². The molecule has 2 N–H and O–H groups in total. The fourth-order valence-corrected chi connectivity index (χ4v) is 3.08. The fraction of sp³-hybridized carbons (Fsp3) is 0.526. The Bertz CT molecular complexity index is 700. The van der Waals surface area contributed by atoms with Gasteiger partial charge in [-0.3, -0.25) is 14.4 Å². The molecule has 2 aliphatic rings. The Labute approximate surface area is 153 Å². The van der Waals surface area contributed by atoms with Crippen LogP contribution in [0.5, 0.6) is 5.75 Å². The van der Waals surface area contributed by atoms with Crippen LogP contribution in [0.2, 0.25) is 0 Å². The lowest BCUT2D eigenvalue weighted by atomic mass is 9.82. The smallest absolute Gasteiger partial charge is 0.262 e. The molecule has 1 aliphatic carbocycles. The van der Waals surface area contributed by atoms with Gasteiger partial charge in [0, 0.05) is 32.1 Å². The molecule has 1 aromatic carbocycles. The number of ether oxygens (including phenoxy) is 1. The number of amides is 3. The number of carbonyl (C=O) groups is 3. The summed E-state index contributed by atoms with van der Waals surface area (Å²) in [5.41, 5.74) is 1.02. The molecule has 0 saturated heterocycles. The van der Waals surface area contributed by atoms with E-state index in [9.17, 15) is 14.4 Å². The van der Waals surface area contributed by atoms with Crippen LogP contribution in [0.3, 0.4) is 0 Å². The quantitative estimate of drug-likeness (QED) is 0.777. The van der Waals surface area contributed by atoms with Crippen LogP contribution in [0.4, 0.5) is 5.69 Å². The second kappa shape index (κ2) is 8.21. The van der Waals surface area contributed by atoms with Crippen molar-refractivity contribution in [2.75, 3.05) is 32.1 Å². The van der Waals surface area contributed by atoms with Crippen LogP contribution in [0, 0.1) is 5.92 Å². The van der Waals surface area contributed by atoms with Crippen molar-refractivity contribution >= 4 is 23.4 Å². The highest BCUT2D eigenvalue weighted by atomic mass is 16.5. The highest BCUT2D eigenvalue weighted by molar-refractivity contribution is 5.99. The molecule has 1 saturated carbocycles. The SMILES string of the molecule is CN(CCNC(=O)c1ccc2c(c1)OCC(=O)N2)C(=O)CCC1CCC1. The van der Waals surface area contributed by atoms with Crippen LogP contribution in [0.25, 0.3) is 0 Å². The highest BCUT2D eigenvalue weighted by Gasteiger charge is 2.20. The molecule has 3 rings (SSSR count). The molecule has 1 aromatic rings. The summed E-state index contributed by atoms with van der Waals surface area (Å²) in [7, 11) is 1.77.